The summed E-state index contributed by atoms with van der Waals surface area (Å²) in [7, 11) is 2.02. The van der Waals surface area contributed by atoms with Crippen LogP contribution in [0.2, 0.25) is 0 Å². The average molecular weight is 266 g/mol. The molecule has 0 unspecified atom stereocenters. The number of benzene rings is 2. The lowest BCUT2D eigenvalue weighted by molar-refractivity contribution is 0.290. The second kappa shape index (κ2) is 6.74. The maximum Gasteiger partial charge on any atom is 0.0991 e. The van der Waals surface area contributed by atoms with Crippen LogP contribution in [0.1, 0.15) is 12.0 Å². The highest BCUT2D eigenvalue weighted by Crippen LogP contribution is 2.23. The van der Waals surface area contributed by atoms with Crippen LogP contribution in [0.3, 0.4) is 0 Å². The smallest absolute Gasteiger partial charge is 0.0991 e. The fraction of sp³-hybridized carbons (Fsp3) is 0.235. The Kier molecular flexibility index (Phi) is 4.75. The maximum atomic E-state index is 8.85. The molecule has 0 aliphatic heterocycles. The van der Waals surface area contributed by atoms with E-state index in [0.717, 1.165) is 29.8 Å². The van der Waals surface area contributed by atoms with Gasteiger partial charge in [0.05, 0.1) is 11.6 Å². The Bertz CT molecular complexity index is 582. The normalized spacial score (nSPS) is 10.1. The van der Waals surface area contributed by atoms with E-state index in [2.05, 4.69) is 35.2 Å². The van der Waals surface area contributed by atoms with Crippen molar-refractivity contribution in [2.24, 2.45) is 0 Å². The fourth-order valence-electron chi connectivity index (χ4n) is 2.08. The Morgan fingerprint density at radius 2 is 1.55 bits per heavy atom. The van der Waals surface area contributed by atoms with Gasteiger partial charge in [-0.05, 0) is 41.8 Å². The molecule has 2 rings (SSSR count). The summed E-state index contributed by atoms with van der Waals surface area (Å²) in [5.74, 6) is 0. The quantitative estimate of drug-likeness (QED) is 0.904. The summed E-state index contributed by atoms with van der Waals surface area (Å²) in [4.78, 5) is 2.12. The molecule has 3 nitrogen and oxygen atoms in total. The van der Waals surface area contributed by atoms with Gasteiger partial charge in [0.1, 0.15) is 0 Å². The van der Waals surface area contributed by atoms with Crippen molar-refractivity contribution >= 4 is 5.69 Å². The van der Waals surface area contributed by atoms with Crippen molar-refractivity contribution in [3.63, 3.8) is 0 Å². The minimum absolute atomic E-state index is 0.216. The third-order valence-corrected chi connectivity index (χ3v) is 3.31. The number of nitriles is 1. The van der Waals surface area contributed by atoms with Crippen LogP contribution in [0.15, 0.2) is 48.5 Å². The van der Waals surface area contributed by atoms with E-state index in [1.54, 1.807) is 0 Å². The Morgan fingerprint density at radius 3 is 2.05 bits per heavy atom. The number of rotatable bonds is 5. The van der Waals surface area contributed by atoms with Gasteiger partial charge in [0.25, 0.3) is 0 Å². The Labute approximate surface area is 119 Å². The van der Waals surface area contributed by atoms with Crippen molar-refractivity contribution in [2.75, 3.05) is 25.1 Å². The average Bonchev–Trinajstić information content (AvgIpc) is 2.53. The molecule has 0 atom stereocenters. The molecule has 0 fully saturated rings. The topological polar surface area (TPSA) is 47.3 Å². The predicted molar refractivity (Wildman–Crippen MR) is 81.6 cm³/mol. The molecule has 0 radical (unpaired) electrons. The van der Waals surface area contributed by atoms with Crippen molar-refractivity contribution in [3.05, 3.63) is 54.1 Å². The third kappa shape index (κ3) is 3.37. The number of hydrogen-bond donors (Lipinski definition) is 1. The molecule has 0 saturated heterocycles. The fourth-order valence-corrected chi connectivity index (χ4v) is 2.08. The molecule has 0 saturated carbocycles. The Hall–Kier alpha value is -2.31. The molecule has 0 spiro atoms. The highest BCUT2D eigenvalue weighted by atomic mass is 16.3. The number of anilines is 1. The number of nitrogens with zero attached hydrogens (tertiary/aromatic N) is 2. The van der Waals surface area contributed by atoms with Gasteiger partial charge in [-0.25, -0.2) is 0 Å². The molecule has 3 heteroatoms. The summed E-state index contributed by atoms with van der Waals surface area (Å²) in [5, 5.41) is 17.6. The van der Waals surface area contributed by atoms with Crippen LogP contribution in [-0.2, 0) is 0 Å². The number of hydrogen-bond acceptors (Lipinski definition) is 3. The van der Waals surface area contributed by atoms with Gasteiger partial charge >= 0.3 is 0 Å². The van der Waals surface area contributed by atoms with Gasteiger partial charge in [0.15, 0.2) is 0 Å². The molecule has 0 bridgehead atoms. The first-order valence-electron chi connectivity index (χ1n) is 6.67. The van der Waals surface area contributed by atoms with Gasteiger partial charge in [0.2, 0.25) is 0 Å². The summed E-state index contributed by atoms with van der Waals surface area (Å²) >= 11 is 0. The summed E-state index contributed by atoms with van der Waals surface area (Å²) in [5.41, 5.74) is 4.05. The van der Waals surface area contributed by atoms with Gasteiger partial charge in [-0.15, -0.1) is 0 Å². The van der Waals surface area contributed by atoms with E-state index in [9.17, 15) is 0 Å². The van der Waals surface area contributed by atoms with Crippen LogP contribution >= 0.6 is 0 Å². The summed E-state index contributed by atoms with van der Waals surface area (Å²) in [6, 6.07) is 18.0. The zero-order valence-corrected chi connectivity index (χ0v) is 11.6. The van der Waals surface area contributed by atoms with E-state index in [1.165, 1.54) is 0 Å². The third-order valence-electron chi connectivity index (χ3n) is 3.31. The highest BCUT2D eigenvalue weighted by molar-refractivity contribution is 5.66. The summed E-state index contributed by atoms with van der Waals surface area (Å²) in [6.07, 6.45) is 0.772. The molecule has 1 N–H and O–H groups in total. The van der Waals surface area contributed by atoms with Crippen molar-refractivity contribution in [3.8, 4) is 17.2 Å². The minimum atomic E-state index is 0.216. The molecular weight excluding hydrogens is 248 g/mol. The molecule has 0 aromatic heterocycles. The van der Waals surface area contributed by atoms with Crippen molar-refractivity contribution in [2.45, 2.75) is 6.42 Å². The Morgan fingerprint density at radius 1 is 1.00 bits per heavy atom. The molecular formula is C17H18N2O. The van der Waals surface area contributed by atoms with E-state index in [1.807, 2.05) is 31.3 Å². The molecule has 0 aliphatic carbocycles. The van der Waals surface area contributed by atoms with Crippen LogP contribution in [0, 0.1) is 11.3 Å². The zero-order chi connectivity index (χ0) is 14.4. The van der Waals surface area contributed by atoms with Crippen LogP contribution in [-0.4, -0.2) is 25.3 Å². The van der Waals surface area contributed by atoms with E-state index < -0.39 is 0 Å². The monoisotopic (exact) mass is 266 g/mol. The Balaban J connectivity index is 2.13. The maximum absolute atomic E-state index is 8.85. The first-order chi connectivity index (χ1) is 9.74. The lowest BCUT2D eigenvalue weighted by Gasteiger charge is -2.19. The summed E-state index contributed by atoms with van der Waals surface area (Å²) in [6.45, 7) is 1.06. The first kappa shape index (κ1) is 14.1. The molecule has 0 amide bonds. The summed E-state index contributed by atoms with van der Waals surface area (Å²) < 4.78 is 0. The molecule has 102 valence electrons. The zero-order valence-electron chi connectivity index (χ0n) is 11.6. The van der Waals surface area contributed by atoms with Crippen molar-refractivity contribution in [1.29, 1.82) is 5.26 Å². The molecule has 2 aromatic carbocycles. The molecule has 0 heterocycles. The molecule has 2 aromatic rings. The van der Waals surface area contributed by atoms with Crippen LogP contribution in [0.5, 0.6) is 0 Å². The van der Waals surface area contributed by atoms with Gasteiger partial charge in [-0.2, -0.15) is 5.26 Å². The first-order valence-corrected chi connectivity index (χ1v) is 6.67. The van der Waals surface area contributed by atoms with Gasteiger partial charge in [-0.1, -0.05) is 24.3 Å². The van der Waals surface area contributed by atoms with E-state index in [0.29, 0.717) is 5.56 Å². The SMILES string of the molecule is CN(CCCO)c1ccc(-c2ccc(C#N)cc2)cc1. The largest absolute Gasteiger partial charge is 0.396 e. The van der Waals surface area contributed by atoms with Crippen molar-refractivity contribution in [1.82, 2.24) is 0 Å². The number of aliphatic hydroxyl groups excluding tert-OH is 1. The number of aliphatic hydroxyl groups is 1. The highest BCUT2D eigenvalue weighted by Gasteiger charge is 2.02. The minimum Gasteiger partial charge on any atom is -0.396 e. The van der Waals surface area contributed by atoms with E-state index in [-0.39, 0.29) is 6.61 Å². The van der Waals surface area contributed by atoms with Crippen LogP contribution < -0.4 is 4.90 Å². The molecule has 0 aliphatic rings. The second-order valence-corrected chi connectivity index (χ2v) is 4.73. The van der Waals surface area contributed by atoms with Gasteiger partial charge in [0, 0.05) is 25.9 Å². The van der Waals surface area contributed by atoms with E-state index >= 15 is 0 Å². The predicted octanol–water partition coefficient (Wildman–Crippen LogP) is 3.04. The van der Waals surface area contributed by atoms with Gasteiger partial charge in [-0.3, -0.25) is 0 Å². The molecule has 20 heavy (non-hydrogen) atoms. The lowest BCUT2D eigenvalue weighted by Crippen LogP contribution is -2.19. The van der Waals surface area contributed by atoms with Crippen LogP contribution in [0.25, 0.3) is 11.1 Å². The van der Waals surface area contributed by atoms with E-state index in [4.69, 9.17) is 10.4 Å². The lowest BCUT2D eigenvalue weighted by atomic mass is 10.0. The standard InChI is InChI=1S/C17H18N2O/c1-19(11-2-12-20)17-9-7-16(8-10-17)15-5-3-14(13-18)4-6-15/h3-10,20H,2,11-12H2,1H3. The second-order valence-electron chi connectivity index (χ2n) is 4.73. The van der Waals surface area contributed by atoms with Crippen molar-refractivity contribution < 1.29 is 5.11 Å². The van der Waals surface area contributed by atoms with Crippen LogP contribution in [0.4, 0.5) is 5.69 Å². The van der Waals surface area contributed by atoms with Gasteiger partial charge < -0.3 is 10.0 Å².